The normalized spacial score (nSPS) is 23.9. The van der Waals surface area contributed by atoms with E-state index in [1.807, 2.05) is 9.80 Å². The molecule has 0 aromatic carbocycles. The number of rotatable bonds is 5. The monoisotopic (exact) mass is 578 g/mol. The van der Waals surface area contributed by atoms with Crippen LogP contribution in [-0.2, 0) is 23.9 Å². The number of nitrogens with one attached hydrogen (secondary N) is 1. The first-order valence-corrected chi connectivity index (χ1v) is 15.3. The highest BCUT2D eigenvalue weighted by Crippen LogP contribution is 2.16. The van der Waals surface area contributed by atoms with Crippen LogP contribution < -0.4 is 11.1 Å². The lowest BCUT2D eigenvalue weighted by Crippen LogP contribution is -2.51. The summed E-state index contributed by atoms with van der Waals surface area (Å²) in [6, 6.07) is -1.03. The Kier molecular flexibility index (Phi) is 12.2. The van der Waals surface area contributed by atoms with Crippen molar-refractivity contribution in [3.05, 3.63) is 0 Å². The molecule has 4 aliphatic rings. The van der Waals surface area contributed by atoms with E-state index in [0.717, 1.165) is 84.0 Å². The molecule has 5 amide bonds. The molecular weight excluding hydrogens is 528 g/mol. The Hall–Kier alpha value is -2.89. The lowest BCUT2D eigenvalue weighted by atomic mass is 10.1. The predicted molar refractivity (Wildman–Crippen MR) is 154 cm³/mol. The SMILES string of the molecule is CC(C)(C)OC(=O)N[C@@H]1CCCCN(CC(=O)N2CCCC2)C1=O.N[C@@H]1CCCCN(CC(=O)N2CCCC2)C1=O. The predicted octanol–water partition coefficient (Wildman–Crippen LogP) is 1.46. The first-order valence-electron chi connectivity index (χ1n) is 15.3. The number of amides is 5. The van der Waals surface area contributed by atoms with Gasteiger partial charge in [0.1, 0.15) is 11.6 Å². The minimum Gasteiger partial charge on any atom is -0.444 e. The number of carbonyl (C=O) groups excluding carboxylic acids is 5. The number of nitrogens with zero attached hydrogens (tertiary/aromatic N) is 4. The quantitative estimate of drug-likeness (QED) is 0.502. The van der Waals surface area contributed by atoms with Gasteiger partial charge in [-0.2, -0.15) is 0 Å². The number of carbonyl (C=O) groups is 5. The van der Waals surface area contributed by atoms with Crippen LogP contribution in [-0.4, -0.2) is 119 Å². The molecule has 0 saturated carbocycles. The molecule has 4 aliphatic heterocycles. The molecule has 4 rings (SSSR count). The number of likely N-dealkylation sites (tertiary alicyclic amines) is 4. The van der Waals surface area contributed by atoms with Gasteiger partial charge < -0.3 is 35.4 Å². The lowest BCUT2D eigenvalue weighted by Gasteiger charge is -2.27. The Morgan fingerprint density at radius 2 is 1.17 bits per heavy atom. The summed E-state index contributed by atoms with van der Waals surface area (Å²) in [5.74, 6) is -0.176. The van der Waals surface area contributed by atoms with Crippen molar-refractivity contribution < 1.29 is 28.7 Å². The average Bonchev–Trinajstić information content (AvgIpc) is 3.60. The average molecular weight is 579 g/mol. The molecular formula is C29H50N6O6. The molecule has 12 heteroatoms. The fourth-order valence-electron chi connectivity index (χ4n) is 5.60. The zero-order valence-corrected chi connectivity index (χ0v) is 25.2. The molecule has 0 unspecified atom stereocenters. The van der Waals surface area contributed by atoms with Gasteiger partial charge in [0, 0.05) is 39.3 Å². The Bertz CT molecular complexity index is 925. The van der Waals surface area contributed by atoms with Gasteiger partial charge in [0.15, 0.2) is 0 Å². The first kappa shape index (κ1) is 32.6. The van der Waals surface area contributed by atoms with E-state index in [9.17, 15) is 24.0 Å². The van der Waals surface area contributed by atoms with Crippen LogP contribution in [0, 0.1) is 0 Å². The number of hydrogen-bond donors (Lipinski definition) is 2. The van der Waals surface area contributed by atoms with Gasteiger partial charge in [0.05, 0.1) is 19.1 Å². The third-order valence-electron chi connectivity index (χ3n) is 7.86. The second-order valence-electron chi connectivity index (χ2n) is 12.5. The highest BCUT2D eigenvalue weighted by atomic mass is 16.6. The van der Waals surface area contributed by atoms with Crippen LogP contribution in [0.4, 0.5) is 4.79 Å². The Labute approximate surface area is 244 Å². The van der Waals surface area contributed by atoms with E-state index < -0.39 is 23.8 Å². The van der Waals surface area contributed by atoms with E-state index in [1.165, 1.54) is 0 Å². The highest BCUT2D eigenvalue weighted by molar-refractivity contribution is 5.90. The molecule has 0 aliphatic carbocycles. The Morgan fingerprint density at radius 3 is 1.66 bits per heavy atom. The smallest absolute Gasteiger partial charge is 0.408 e. The first-order chi connectivity index (χ1) is 19.4. The summed E-state index contributed by atoms with van der Waals surface area (Å²) < 4.78 is 5.23. The highest BCUT2D eigenvalue weighted by Gasteiger charge is 2.32. The summed E-state index contributed by atoms with van der Waals surface area (Å²) in [6.45, 7) is 10.1. The van der Waals surface area contributed by atoms with Crippen molar-refractivity contribution in [1.29, 1.82) is 0 Å². The maximum atomic E-state index is 12.7. The van der Waals surface area contributed by atoms with E-state index in [-0.39, 0.29) is 36.7 Å². The summed E-state index contributed by atoms with van der Waals surface area (Å²) in [5, 5.41) is 2.66. The number of alkyl carbamates (subject to hydrolysis) is 1. The number of hydrogen-bond acceptors (Lipinski definition) is 7. The van der Waals surface area contributed by atoms with Crippen molar-refractivity contribution in [2.45, 2.75) is 103 Å². The molecule has 12 nitrogen and oxygen atoms in total. The second kappa shape index (κ2) is 15.4. The topological polar surface area (TPSA) is 146 Å². The van der Waals surface area contributed by atoms with Gasteiger partial charge in [0.25, 0.3) is 0 Å². The third-order valence-corrected chi connectivity index (χ3v) is 7.86. The van der Waals surface area contributed by atoms with E-state index >= 15 is 0 Å². The fourth-order valence-corrected chi connectivity index (χ4v) is 5.60. The van der Waals surface area contributed by atoms with Crippen LogP contribution in [0.5, 0.6) is 0 Å². The van der Waals surface area contributed by atoms with E-state index in [1.54, 1.807) is 30.6 Å². The molecule has 0 aromatic rings. The summed E-state index contributed by atoms with van der Waals surface area (Å²) in [7, 11) is 0. The van der Waals surface area contributed by atoms with Gasteiger partial charge in [-0.05, 0) is 85.0 Å². The summed E-state index contributed by atoms with van der Waals surface area (Å²) in [5.41, 5.74) is 5.17. The van der Waals surface area contributed by atoms with Crippen molar-refractivity contribution in [1.82, 2.24) is 24.9 Å². The molecule has 0 aromatic heterocycles. The molecule has 0 spiro atoms. The molecule has 3 N–H and O–H groups in total. The van der Waals surface area contributed by atoms with Gasteiger partial charge >= 0.3 is 6.09 Å². The maximum absolute atomic E-state index is 12.7. The minimum atomic E-state index is -0.617. The molecule has 4 heterocycles. The molecule has 0 bridgehead atoms. The molecule has 4 fully saturated rings. The van der Waals surface area contributed by atoms with Gasteiger partial charge in [-0.1, -0.05) is 0 Å². The largest absolute Gasteiger partial charge is 0.444 e. The number of nitrogens with two attached hydrogens (primary N) is 1. The van der Waals surface area contributed by atoms with E-state index in [2.05, 4.69) is 5.32 Å². The molecule has 41 heavy (non-hydrogen) atoms. The fraction of sp³-hybridized carbons (Fsp3) is 0.828. The van der Waals surface area contributed by atoms with Crippen molar-refractivity contribution in [2.75, 3.05) is 52.4 Å². The van der Waals surface area contributed by atoms with Gasteiger partial charge in [-0.15, -0.1) is 0 Å². The lowest BCUT2D eigenvalue weighted by molar-refractivity contribution is -0.140. The van der Waals surface area contributed by atoms with Crippen LogP contribution in [0.3, 0.4) is 0 Å². The van der Waals surface area contributed by atoms with Gasteiger partial charge in [-0.3, -0.25) is 19.2 Å². The van der Waals surface area contributed by atoms with E-state index in [4.69, 9.17) is 10.5 Å². The van der Waals surface area contributed by atoms with Gasteiger partial charge in [-0.25, -0.2) is 4.79 Å². The van der Waals surface area contributed by atoms with Crippen molar-refractivity contribution in [2.24, 2.45) is 5.73 Å². The molecule has 232 valence electrons. The van der Waals surface area contributed by atoms with Crippen LogP contribution in [0.1, 0.15) is 85.0 Å². The summed E-state index contributed by atoms with van der Waals surface area (Å²) >= 11 is 0. The second-order valence-corrected chi connectivity index (χ2v) is 12.5. The van der Waals surface area contributed by atoms with Crippen molar-refractivity contribution in [3.63, 3.8) is 0 Å². The van der Waals surface area contributed by atoms with Crippen molar-refractivity contribution >= 4 is 29.7 Å². The summed E-state index contributed by atoms with van der Waals surface area (Å²) in [6.07, 6.45) is 8.55. The number of ether oxygens (including phenoxy) is 1. The molecule has 4 saturated heterocycles. The zero-order valence-electron chi connectivity index (χ0n) is 25.2. The van der Waals surface area contributed by atoms with Crippen molar-refractivity contribution in [3.8, 4) is 0 Å². The minimum absolute atomic E-state index is 0.00114. The Balaban J connectivity index is 0.000000239. The standard InChI is InChI=1S/C17H29N3O4.C12H21N3O2/c1-17(2,3)24-16(23)18-13-8-4-5-11-20(15(13)22)12-14(21)19-9-6-7-10-19;13-10-5-1-2-8-15(12(10)17)9-11(16)14-6-3-4-7-14/h13H,4-12H2,1-3H3,(H,18,23);10H,1-9,13H2/t13-;10-/m11/s1. The zero-order chi connectivity index (χ0) is 30.0. The van der Waals surface area contributed by atoms with Crippen LogP contribution >= 0.6 is 0 Å². The molecule has 0 radical (unpaired) electrons. The van der Waals surface area contributed by atoms with Crippen LogP contribution in [0.15, 0.2) is 0 Å². The third kappa shape index (κ3) is 10.5. The maximum Gasteiger partial charge on any atom is 0.408 e. The molecule has 2 atom stereocenters. The summed E-state index contributed by atoms with van der Waals surface area (Å²) in [4.78, 5) is 67.7. The Morgan fingerprint density at radius 1 is 0.732 bits per heavy atom. The van der Waals surface area contributed by atoms with Crippen LogP contribution in [0.2, 0.25) is 0 Å². The van der Waals surface area contributed by atoms with Gasteiger partial charge in [0.2, 0.25) is 23.6 Å². The van der Waals surface area contributed by atoms with E-state index in [0.29, 0.717) is 19.5 Å². The van der Waals surface area contributed by atoms with Crippen LogP contribution in [0.25, 0.3) is 0 Å².